The lowest BCUT2D eigenvalue weighted by Gasteiger charge is -2.36. The summed E-state index contributed by atoms with van der Waals surface area (Å²) in [4.78, 5) is 2.66. The molecule has 2 heteroatoms. The molecule has 0 spiro atoms. The predicted molar refractivity (Wildman–Crippen MR) is 81.1 cm³/mol. The molecule has 0 radical (unpaired) electrons. The molecule has 0 bridgehead atoms. The number of nitrogens with zero attached hydrogens (tertiary/aromatic N) is 1. The Morgan fingerprint density at radius 1 is 1.17 bits per heavy atom. The Bertz CT molecular complexity index is 192. The number of hydrogen-bond donors (Lipinski definition) is 1. The Labute approximate surface area is 115 Å². The molecule has 2 unspecified atom stereocenters. The van der Waals surface area contributed by atoms with E-state index in [1.54, 1.807) is 0 Å². The zero-order valence-electron chi connectivity index (χ0n) is 12.9. The highest BCUT2D eigenvalue weighted by Crippen LogP contribution is 2.19. The van der Waals surface area contributed by atoms with E-state index < -0.39 is 0 Å². The van der Waals surface area contributed by atoms with Gasteiger partial charge in [0.25, 0.3) is 0 Å². The molecule has 2 atom stereocenters. The van der Waals surface area contributed by atoms with Crippen molar-refractivity contribution < 1.29 is 0 Å². The molecule has 1 aliphatic heterocycles. The molecular formula is C16H34N2. The maximum absolute atomic E-state index is 3.75. The summed E-state index contributed by atoms with van der Waals surface area (Å²) >= 11 is 0. The molecule has 1 saturated heterocycles. The lowest BCUT2D eigenvalue weighted by molar-refractivity contribution is 0.151. The zero-order valence-corrected chi connectivity index (χ0v) is 12.9. The first-order valence-corrected chi connectivity index (χ1v) is 8.23. The van der Waals surface area contributed by atoms with Crippen LogP contribution in [-0.2, 0) is 0 Å². The highest BCUT2D eigenvalue weighted by molar-refractivity contribution is 4.80. The van der Waals surface area contributed by atoms with E-state index in [0.29, 0.717) is 6.04 Å². The van der Waals surface area contributed by atoms with Crippen LogP contribution in [0.5, 0.6) is 0 Å². The lowest BCUT2D eigenvalue weighted by atomic mass is 9.91. The second-order valence-corrected chi connectivity index (χ2v) is 6.01. The van der Waals surface area contributed by atoms with Crippen molar-refractivity contribution in [2.24, 2.45) is 5.92 Å². The standard InChI is InChI=1S/C16H34N2/c1-4-6-7-8-11-17-15(3)16-10-9-13-18(14-16)12-5-2/h15-17H,4-14H2,1-3H3. The van der Waals surface area contributed by atoms with Gasteiger partial charge in [0, 0.05) is 12.6 Å². The second-order valence-electron chi connectivity index (χ2n) is 6.01. The Kier molecular flexibility index (Phi) is 8.70. The SMILES string of the molecule is CCCCCCNC(C)C1CCCN(CCC)C1. The zero-order chi connectivity index (χ0) is 13.2. The summed E-state index contributed by atoms with van der Waals surface area (Å²) in [5.74, 6) is 0.872. The van der Waals surface area contributed by atoms with Crippen LogP contribution in [0.15, 0.2) is 0 Å². The lowest BCUT2D eigenvalue weighted by Crippen LogP contribution is -2.44. The third kappa shape index (κ3) is 6.19. The Balaban J connectivity index is 2.13. The van der Waals surface area contributed by atoms with Gasteiger partial charge >= 0.3 is 0 Å². The largest absolute Gasteiger partial charge is 0.314 e. The molecule has 0 aromatic heterocycles. The van der Waals surface area contributed by atoms with E-state index >= 15 is 0 Å². The molecule has 0 aromatic rings. The van der Waals surface area contributed by atoms with Crippen molar-refractivity contribution in [2.75, 3.05) is 26.2 Å². The quantitative estimate of drug-likeness (QED) is 0.632. The Hall–Kier alpha value is -0.0800. The van der Waals surface area contributed by atoms with E-state index in [1.807, 2.05) is 0 Å². The predicted octanol–water partition coefficient (Wildman–Crippen LogP) is 3.67. The van der Waals surface area contributed by atoms with Gasteiger partial charge in [-0.2, -0.15) is 0 Å². The normalized spacial score (nSPS) is 23.2. The first-order chi connectivity index (χ1) is 8.77. The van der Waals surface area contributed by atoms with Crippen molar-refractivity contribution in [3.8, 4) is 0 Å². The summed E-state index contributed by atoms with van der Waals surface area (Å²) in [7, 11) is 0. The van der Waals surface area contributed by atoms with Crippen LogP contribution in [0.4, 0.5) is 0 Å². The molecule has 1 N–H and O–H groups in total. The molecule has 108 valence electrons. The maximum atomic E-state index is 3.75. The Morgan fingerprint density at radius 2 is 2.00 bits per heavy atom. The summed E-state index contributed by atoms with van der Waals surface area (Å²) < 4.78 is 0. The molecule has 1 rings (SSSR count). The fourth-order valence-corrected chi connectivity index (χ4v) is 3.07. The van der Waals surface area contributed by atoms with Gasteiger partial charge in [-0.15, -0.1) is 0 Å². The van der Waals surface area contributed by atoms with Gasteiger partial charge in [-0.1, -0.05) is 33.1 Å². The van der Waals surface area contributed by atoms with E-state index in [-0.39, 0.29) is 0 Å². The van der Waals surface area contributed by atoms with Crippen LogP contribution in [0.2, 0.25) is 0 Å². The fourth-order valence-electron chi connectivity index (χ4n) is 3.07. The number of nitrogens with one attached hydrogen (secondary N) is 1. The molecule has 0 saturated carbocycles. The average Bonchev–Trinajstić information content (AvgIpc) is 2.39. The molecule has 1 fully saturated rings. The minimum absolute atomic E-state index is 0.700. The van der Waals surface area contributed by atoms with Crippen LogP contribution < -0.4 is 5.32 Å². The van der Waals surface area contributed by atoms with Crippen LogP contribution in [0.25, 0.3) is 0 Å². The first kappa shape index (κ1) is 16.0. The molecular weight excluding hydrogens is 220 g/mol. The van der Waals surface area contributed by atoms with Crippen LogP contribution in [0, 0.1) is 5.92 Å². The van der Waals surface area contributed by atoms with Gasteiger partial charge in [-0.05, 0) is 58.2 Å². The van der Waals surface area contributed by atoms with Crippen molar-refractivity contribution in [2.45, 2.75) is 71.8 Å². The topological polar surface area (TPSA) is 15.3 Å². The van der Waals surface area contributed by atoms with Crippen LogP contribution in [0.1, 0.15) is 65.7 Å². The number of unbranched alkanes of at least 4 members (excludes halogenated alkanes) is 3. The summed E-state index contributed by atoms with van der Waals surface area (Å²) in [6, 6.07) is 0.700. The molecule has 1 heterocycles. The number of likely N-dealkylation sites (tertiary alicyclic amines) is 1. The summed E-state index contributed by atoms with van der Waals surface area (Å²) in [5, 5.41) is 3.75. The summed E-state index contributed by atoms with van der Waals surface area (Å²) in [6.45, 7) is 12.1. The fraction of sp³-hybridized carbons (Fsp3) is 1.00. The van der Waals surface area contributed by atoms with E-state index in [0.717, 1.165) is 5.92 Å². The van der Waals surface area contributed by atoms with Gasteiger partial charge in [0.1, 0.15) is 0 Å². The first-order valence-electron chi connectivity index (χ1n) is 8.23. The van der Waals surface area contributed by atoms with E-state index in [1.165, 1.54) is 71.1 Å². The third-order valence-electron chi connectivity index (χ3n) is 4.29. The average molecular weight is 254 g/mol. The van der Waals surface area contributed by atoms with Gasteiger partial charge < -0.3 is 10.2 Å². The van der Waals surface area contributed by atoms with Crippen molar-refractivity contribution in [1.29, 1.82) is 0 Å². The van der Waals surface area contributed by atoms with E-state index in [2.05, 4.69) is 31.0 Å². The molecule has 2 nitrogen and oxygen atoms in total. The molecule has 18 heavy (non-hydrogen) atoms. The van der Waals surface area contributed by atoms with Gasteiger partial charge in [-0.3, -0.25) is 0 Å². The highest BCUT2D eigenvalue weighted by Gasteiger charge is 2.23. The number of piperidine rings is 1. The monoisotopic (exact) mass is 254 g/mol. The van der Waals surface area contributed by atoms with Gasteiger partial charge in [0.05, 0.1) is 0 Å². The number of rotatable bonds is 9. The third-order valence-corrected chi connectivity index (χ3v) is 4.29. The smallest absolute Gasteiger partial charge is 0.00792 e. The Morgan fingerprint density at radius 3 is 2.72 bits per heavy atom. The van der Waals surface area contributed by atoms with Crippen molar-refractivity contribution in [1.82, 2.24) is 10.2 Å². The molecule has 0 aromatic carbocycles. The second kappa shape index (κ2) is 9.80. The summed E-state index contributed by atoms with van der Waals surface area (Å²) in [6.07, 6.45) is 9.59. The summed E-state index contributed by atoms with van der Waals surface area (Å²) in [5.41, 5.74) is 0. The maximum Gasteiger partial charge on any atom is 0.00792 e. The molecule has 1 aliphatic rings. The van der Waals surface area contributed by atoms with Gasteiger partial charge in [0.15, 0.2) is 0 Å². The van der Waals surface area contributed by atoms with Crippen molar-refractivity contribution in [3.05, 3.63) is 0 Å². The number of hydrogen-bond acceptors (Lipinski definition) is 2. The molecule has 0 aliphatic carbocycles. The van der Waals surface area contributed by atoms with Crippen LogP contribution in [0.3, 0.4) is 0 Å². The minimum atomic E-state index is 0.700. The van der Waals surface area contributed by atoms with E-state index in [9.17, 15) is 0 Å². The van der Waals surface area contributed by atoms with Crippen LogP contribution >= 0.6 is 0 Å². The van der Waals surface area contributed by atoms with Crippen LogP contribution in [-0.4, -0.2) is 37.1 Å². The van der Waals surface area contributed by atoms with Crippen molar-refractivity contribution in [3.63, 3.8) is 0 Å². The van der Waals surface area contributed by atoms with E-state index in [4.69, 9.17) is 0 Å². The van der Waals surface area contributed by atoms with Gasteiger partial charge in [-0.25, -0.2) is 0 Å². The highest BCUT2D eigenvalue weighted by atomic mass is 15.1. The molecule has 0 amide bonds. The van der Waals surface area contributed by atoms with Gasteiger partial charge in [0.2, 0.25) is 0 Å². The van der Waals surface area contributed by atoms with Crippen molar-refractivity contribution >= 4 is 0 Å². The minimum Gasteiger partial charge on any atom is -0.314 e.